The number of aromatic amines is 1. The van der Waals surface area contributed by atoms with Gasteiger partial charge in [0.05, 0.1) is 17.4 Å². The molecule has 0 bridgehead atoms. The smallest absolute Gasteiger partial charge is 0.251 e. The molecule has 1 aromatic heterocycles. The van der Waals surface area contributed by atoms with Gasteiger partial charge in [-0.05, 0) is 85.5 Å². The van der Waals surface area contributed by atoms with Crippen LogP contribution in [0.2, 0.25) is 0 Å². The maximum Gasteiger partial charge on any atom is 0.251 e. The molecule has 36 heavy (non-hydrogen) atoms. The molecule has 0 unspecified atom stereocenters. The number of piperidine rings is 1. The van der Waals surface area contributed by atoms with Crippen LogP contribution in [0, 0.1) is 0 Å². The van der Waals surface area contributed by atoms with E-state index >= 15 is 0 Å². The van der Waals surface area contributed by atoms with E-state index in [-0.39, 0.29) is 11.9 Å². The zero-order chi connectivity index (χ0) is 24.3. The van der Waals surface area contributed by atoms with Crippen LogP contribution in [0.5, 0.6) is 0 Å². The summed E-state index contributed by atoms with van der Waals surface area (Å²) in [5, 5.41) is 10.9. The number of aromatic nitrogens is 2. The minimum absolute atomic E-state index is 0.0256. The van der Waals surface area contributed by atoms with Gasteiger partial charge >= 0.3 is 0 Å². The van der Waals surface area contributed by atoms with E-state index in [0.717, 1.165) is 54.9 Å². The Bertz CT molecular complexity index is 1330. The predicted molar refractivity (Wildman–Crippen MR) is 145 cm³/mol. The molecule has 1 saturated heterocycles. The summed E-state index contributed by atoms with van der Waals surface area (Å²) in [5.74, 6) is -0.0256. The van der Waals surface area contributed by atoms with Gasteiger partial charge in [0, 0.05) is 29.9 Å². The lowest BCUT2D eigenvalue weighted by atomic mass is 9.87. The molecule has 1 fully saturated rings. The Balaban J connectivity index is 1.13. The van der Waals surface area contributed by atoms with Gasteiger partial charge in [-0.15, -0.1) is 0 Å². The summed E-state index contributed by atoms with van der Waals surface area (Å²) in [6, 6.07) is 27.1. The number of carbonyl (C=O) groups is 1. The van der Waals surface area contributed by atoms with Crippen LogP contribution in [0.1, 0.15) is 59.6 Å². The topological polar surface area (TPSA) is 61.0 Å². The highest BCUT2D eigenvalue weighted by Gasteiger charge is 2.22. The predicted octanol–water partition coefficient (Wildman–Crippen LogP) is 6.54. The number of nitrogens with zero attached hydrogens (tertiary/aromatic N) is 2. The molecule has 0 saturated carbocycles. The molecule has 182 valence electrons. The van der Waals surface area contributed by atoms with Crippen LogP contribution >= 0.6 is 0 Å². The van der Waals surface area contributed by atoms with Crippen molar-refractivity contribution in [1.82, 2.24) is 15.5 Å². The SMILES string of the molecule is O=C(N[C@@H]1CCCc2ccccc21)c1ccc(-c2cc(-c3ccc(N4CCCCC4)cc3)n[nH]2)cc1. The van der Waals surface area contributed by atoms with E-state index in [2.05, 4.69) is 75.0 Å². The lowest BCUT2D eigenvalue weighted by Gasteiger charge is -2.28. The highest BCUT2D eigenvalue weighted by atomic mass is 16.1. The molecule has 2 aliphatic rings. The van der Waals surface area contributed by atoms with E-state index in [1.165, 1.54) is 36.1 Å². The Kier molecular flexibility index (Phi) is 6.29. The zero-order valence-corrected chi connectivity index (χ0v) is 20.5. The summed E-state index contributed by atoms with van der Waals surface area (Å²) < 4.78 is 0. The number of hydrogen-bond donors (Lipinski definition) is 2. The number of nitrogens with one attached hydrogen (secondary N) is 2. The summed E-state index contributed by atoms with van der Waals surface area (Å²) in [6.45, 7) is 2.29. The molecule has 0 radical (unpaired) electrons. The number of carbonyl (C=O) groups excluding carboxylic acids is 1. The lowest BCUT2D eigenvalue weighted by molar-refractivity contribution is 0.0933. The van der Waals surface area contributed by atoms with Crippen molar-refractivity contribution in [2.75, 3.05) is 18.0 Å². The van der Waals surface area contributed by atoms with Crippen LogP contribution in [0.15, 0.2) is 78.9 Å². The average Bonchev–Trinajstić information content (AvgIpc) is 3.44. The van der Waals surface area contributed by atoms with Crippen LogP contribution in [-0.4, -0.2) is 29.2 Å². The van der Waals surface area contributed by atoms with Gasteiger partial charge < -0.3 is 10.2 Å². The number of H-pyrrole nitrogens is 1. The van der Waals surface area contributed by atoms with Gasteiger partial charge in [-0.2, -0.15) is 5.10 Å². The van der Waals surface area contributed by atoms with E-state index in [1.807, 2.05) is 24.3 Å². The minimum Gasteiger partial charge on any atom is -0.372 e. The van der Waals surface area contributed by atoms with Gasteiger partial charge in [-0.3, -0.25) is 9.89 Å². The highest BCUT2D eigenvalue weighted by Crippen LogP contribution is 2.30. The van der Waals surface area contributed by atoms with Gasteiger partial charge in [0.1, 0.15) is 0 Å². The fourth-order valence-electron chi connectivity index (χ4n) is 5.56. The lowest BCUT2D eigenvalue weighted by Crippen LogP contribution is -2.30. The third-order valence-electron chi connectivity index (χ3n) is 7.59. The van der Waals surface area contributed by atoms with Gasteiger partial charge in [0.2, 0.25) is 0 Å². The number of benzene rings is 3. The van der Waals surface area contributed by atoms with E-state index in [0.29, 0.717) is 5.56 Å². The molecule has 1 atom stereocenters. The monoisotopic (exact) mass is 476 g/mol. The van der Waals surface area contributed by atoms with E-state index in [9.17, 15) is 4.79 Å². The molecule has 4 aromatic rings. The van der Waals surface area contributed by atoms with E-state index in [1.54, 1.807) is 0 Å². The normalized spacial score (nSPS) is 17.4. The second-order valence-corrected chi connectivity index (χ2v) is 9.96. The summed E-state index contributed by atoms with van der Waals surface area (Å²) >= 11 is 0. The third kappa shape index (κ3) is 4.66. The van der Waals surface area contributed by atoms with E-state index < -0.39 is 0 Å². The minimum atomic E-state index is -0.0256. The Morgan fingerprint density at radius 3 is 2.42 bits per heavy atom. The van der Waals surface area contributed by atoms with Gasteiger partial charge in [-0.1, -0.05) is 48.5 Å². The number of amides is 1. The fourth-order valence-corrected chi connectivity index (χ4v) is 5.56. The van der Waals surface area contributed by atoms with Crippen LogP contribution in [0.3, 0.4) is 0 Å². The maximum atomic E-state index is 13.0. The first-order valence-corrected chi connectivity index (χ1v) is 13.1. The third-order valence-corrected chi connectivity index (χ3v) is 7.59. The number of anilines is 1. The standard InChI is InChI=1S/C31H32N4O/c36-31(32-28-10-6-8-22-7-2-3-9-27(22)28)25-13-11-23(12-14-25)29-21-30(34-33-29)24-15-17-26(18-16-24)35-19-4-1-5-20-35/h2-3,7,9,11-18,21,28H,1,4-6,8,10,19-20H2,(H,32,36)(H,33,34)/t28-/m1/s1. The van der Waals surface area contributed by atoms with Gasteiger partial charge in [-0.25, -0.2) is 0 Å². The molecule has 1 amide bonds. The first-order valence-electron chi connectivity index (χ1n) is 13.1. The first-order chi connectivity index (χ1) is 17.7. The number of rotatable bonds is 5. The molecule has 1 aliphatic heterocycles. The molecule has 5 heteroatoms. The molecule has 1 aliphatic carbocycles. The summed E-state index contributed by atoms with van der Waals surface area (Å²) in [7, 11) is 0. The fraction of sp³-hybridized carbons (Fsp3) is 0.290. The van der Waals surface area contributed by atoms with Crippen LogP contribution in [0.25, 0.3) is 22.5 Å². The van der Waals surface area contributed by atoms with Crippen LogP contribution in [-0.2, 0) is 6.42 Å². The van der Waals surface area contributed by atoms with Crippen molar-refractivity contribution >= 4 is 11.6 Å². The Hall–Kier alpha value is -3.86. The Morgan fingerprint density at radius 2 is 1.61 bits per heavy atom. The van der Waals surface area contributed by atoms with Gasteiger partial charge in [0.15, 0.2) is 0 Å². The van der Waals surface area contributed by atoms with Crippen molar-refractivity contribution in [2.24, 2.45) is 0 Å². The second-order valence-electron chi connectivity index (χ2n) is 9.96. The second kappa shape index (κ2) is 10.0. The maximum absolute atomic E-state index is 13.0. The quantitative estimate of drug-likeness (QED) is 0.344. The van der Waals surface area contributed by atoms with Crippen molar-refractivity contribution in [3.63, 3.8) is 0 Å². The number of aryl methyl sites for hydroxylation is 1. The molecular weight excluding hydrogens is 444 g/mol. The van der Waals surface area contributed by atoms with E-state index in [4.69, 9.17) is 0 Å². The molecule has 5 nitrogen and oxygen atoms in total. The average molecular weight is 477 g/mol. The van der Waals surface area contributed by atoms with Crippen molar-refractivity contribution in [2.45, 2.75) is 44.6 Å². The van der Waals surface area contributed by atoms with Crippen molar-refractivity contribution in [3.05, 3.63) is 95.6 Å². The molecule has 0 spiro atoms. The number of hydrogen-bond acceptors (Lipinski definition) is 3. The summed E-state index contributed by atoms with van der Waals surface area (Å²) in [6.07, 6.45) is 7.07. The molecular formula is C31H32N4O. The molecule has 2 heterocycles. The first kappa shape index (κ1) is 22.6. The van der Waals surface area contributed by atoms with Crippen LogP contribution < -0.4 is 10.2 Å². The molecule has 3 aromatic carbocycles. The summed E-state index contributed by atoms with van der Waals surface area (Å²) in [4.78, 5) is 15.4. The van der Waals surface area contributed by atoms with Crippen molar-refractivity contribution in [1.29, 1.82) is 0 Å². The van der Waals surface area contributed by atoms with Crippen LogP contribution in [0.4, 0.5) is 5.69 Å². The largest absolute Gasteiger partial charge is 0.372 e. The van der Waals surface area contributed by atoms with Crippen molar-refractivity contribution in [3.8, 4) is 22.5 Å². The zero-order valence-electron chi connectivity index (χ0n) is 20.5. The molecule has 6 rings (SSSR count). The molecule has 2 N–H and O–H groups in total. The van der Waals surface area contributed by atoms with Gasteiger partial charge in [0.25, 0.3) is 5.91 Å². The Labute approximate surface area is 212 Å². The number of fused-ring (bicyclic) bond motifs is 1. The van der Waals surface area contributed by atoms with Crippen molar-refractivity contribution < 1.29 is 4.79 Å². The Morgan fingerprint density at radius 1 is 0.861 bits per heavy atom. The highest BCUT2D eigenvalue weighted by molar-refractivity contribution is 5.95. The summed E-state index contributed by atoms with van der Waals surface area (Å²) in [5.41, 5.74) is 8.55.